The number of nitrogens with one attached hydrogen (secondary N) is 2. The second kappa shape index (κ2) is 9.82. The van der Waals surface area contributed by atoms with Crippen LogP contribution >= 0.6 is 11.8 Å². The molecule has 0 saturated carbocycles. The van der Waals surface area contributed by atoms with Gasteiger partial charge in [0.2, 0.25) is 0 Å². The van der Waals surface area contributed by atoms with Crippen molar-refractivity contribution in [3.05, 3.63) is 18.5 Å². The molecule has 0 aliphatic carbocycles. The minimum atomic E-state index is 0.826. The lowest BCUT2D eigenvalue weighted by atomic mass is 10.3. The zero-order valence-electron chi connectivity index (χ0n) is 11.2. The van der Waals surface area contributed by atoms with Crippen molar-refractivity contribution in [1.29, 1.82) is 0 Å². The smallest absolute Gasteiger partial charge is 0.191 e. The predicted octanol–water partition coefficient (Wildman–Crippen LogP) is 1.19. The summed E-state index contributed by atoms with van der Waals surface area (Å²) in [7, 11) is 1.80. The quantitative estimate of drug-likeness (QED) is 0.423. The van der Waals surface area contributed by atoms with Crippen molar-refractivity contribution >= 4 is 17.7 Å². The molecule has 0 aliphatic rings. The fourth-order valence-corrected chi connectivity index (χ4v) is 2.01. The van der Waals surface area contributed by atoms with Gasteiger partial charge in [-0.05, 0) is 30.9 Å². The largest absolute Gasteiger partial charge is 0.356 e. The number of rotatable bonds is 8. The average Bonchev–Trinajstić information content (AvgIpc) is 2.89. The van der Waals surface area contributed by atoms with E-state index in [1.54, 1.807) is 13.2 Å². The van der Waals surface area contributed by atoms with E-state index in [9.17, 15) is 0 Å². The molecule has 18 heavy (non-hydrogen) atoms. The summed E-state index contributed by atoms with van der Waals surface area (Å²) in [6, 6.07) is 1.93. The van der Waals surface area contributed by atoms with Crippen LogP contribution in [0.2, 0.25) is 0 Å². The Bertz CT molecular complexity index is 323. The van der Waals surface area contributed by atoms with Gasteiger partial charge in [-0.25, -0.2) is 0 Å². The van der Waals surface area contributed by atoms with Gasteiger partial charge in [0, 0.05) is 32.5 Å². The second-order valence-corrected chi connectivity index (χ2v) is 4.88. The van der Waals surface area contributed by atoms with Crippen LogP contribution in [0.4, 0.5) is 0 Å². The Labute approximate surface area is 113 Å². The average molecular weight is 269 g/mol. The van der Waals surface area contributed by atoms with E-state index in [-0.39, 0.29) is 0 Å². The maximum absolute atomic E-state index is 4.18. The number of aliphatic imine (C=N–C) groups is 1. The predicted molar refractivity (Wildman–Crippen MR) is 79.2 cm³/mol. The number of thioether (sulfide) groups is 1. The molecular weight excluding hydrogens is 246 g/mol. The fraction of sp³-hybridized carbons (Fsp3) is 0.667. The third kappa shape index (κ3) is 6.54. The van der Waals surface area contributed by atoms with E-state index in [0.29, 0.717) is 0 Å². The lowest BCUT2D eigenvalue weighted by Crippen LogP contribution is -2.39. The Morgan fingerprint density at radius 2 is 2.17 bits per heavy atom. The van der Waals surface area contributed by atoms with Crippen LogP contribution in [-0.4, -0.2) is 47.9 Å². The normalized spacial score (nSPS) is 11.6. The van der Waals surface area contributed by atoms with Gasteiger partial charge in [-0.15, -0.1) is 0 Å². The Balaban J connectivity index is 2.06. The third-order valence-corrected chi connectivity index (χ3v) is 3.18. The Morgan fingerprint density at radius 3 is 2.83 bits per heavy atom. The summed E-state index contributed by atoms with van der Waals surface area (Å²) in [5, 5.41) is 10.7. The van der Waals surface area contributed by atoms with E-state index in [1.807, 2.05) is 28.7 Å². The molecular formula is C12H23N5S. The van der Waals surface area contributed by atoms with E-state index in [0.717, 1.165) is 25.6 Å². The highest BCUT2D eigenvalue weighted by Gasteiger charge is 1.96. The molecule has 1 aromatic heterocycles. The molecule has 0 aliphatic heterocycles. The lowest BCUT2D eigenvalue weighted by Gasteiger charge is -2.11. The molecule has 1 rings (SSSR count). The van der Waals surface area contributed by atoms with Crippen molar-refractivity contribution in [3.63, 3.8) is 0 Å². The van der Waals surface area contributed by atoms with Gasteiger partial charge < -0.3 is 10.6 Å². The van der Waals surface area contributed by atoms with Crippen LogP contribution in [0.1, 0.15) is 12.8 Å². The topological polar surface area (TPSA) is 54.2 Å². The van der Waals surface area contributed by atoms with Crippen LogP contribution in [0.15, 0.2) is 23.5 Å². The standard InChI is InChI=1S/C12H23N5S/c1-13-12(14-6-3-4-11-18-2)15-8-10-17-9-5-7-16-17/h5,7,9H,3-4,6,8,10-11H2,1-2H3,(H2,13,14,15). The summed E-state index contributed by atoms with van der Waals surface area (Å²) in [5.41, 5.74) is 0. The van der Waals surface area contributed by atoms with E-state index < -0.39 is 0 Å². The molecule has 0 saturated heterocycles. The van der Waals surface area contributed by atoms with E-state index in [4.69, 9.17) is 0 Å². The van der Waals surface area contributed by atoms with Gasteiger partial charge in [-0.2, -0.15) is 16.9 Å². The number of unbranched alkanes of at least 4 members (excludes halogenated alkanes) is 1. The third-order valence-electron chi connectivity index (χ3n) is 2.48. The SMILES string of the molecule is CN=C(NCCCCSC)NCCn1cccn1. The van der Waals surface area contributed by atoms with Crippen LogP contribution in [0.25, 0.3) is 0 Å². The zero-order valence-corrected chi connectivity index (χ0v) is 12.0. The molecule has 6 heteroatoms. The van der Waals surface area contributed by atoms with Gasteiger partial charge in [0.15, 0.2) is 5.96 Å². The Hall–Kier alpha value is -1.17. The van der Waals surface area contributed by atoms with Crippen LogP contribution in [-0.2, 0) is 6.54 Å². The van der Waals surface area contributed by atoms with Crippen LogP contribution in [0, 0.1) is 0 Å². The minimum absolute atomic E-state index is 0.826. The van der Waals surface area contributed by atoms with Crippen LogP contribution in [0.5, 0.6) is 0 Å². The highest BCUT2D eigenvalue weighted by Crippen LogP contribution is 1.97. The van der Waals surface area contributed by atoms with E-state index in [1.165, 1.54) is 18.6 Å². The molecule has 0 amide bonds. The molecule has 0 radical (unpaired) electrons. The number of aromatic nitrogens is 2. The summed E-state index contributed by atoms with van der Waals surface area (Å²) < 4.78 is 1.90. The van der Waals surface area contributed by atoms with Crippen molar-refractivity contribution in [2.75, 3.05) is 32.1 Å². The maximum Gasteiger partial charge on any atom is 0.191 e. The molecule has 0 fully saturated rings. The molecule has 0 aromatic carbocycles. The van der Waals surface area contributed by atoms with Gasteiger partial charge >= 0.3 is 0 Å². The first-order valence-electron chi connectivity index (χ1n) is 6.27. The van der Waals surface area contributed by atoms with E-state index >= 15 is 0 Å². The maximum atomic E-state index is 4.18. The zero-order chi connectivity index (χ0) is 13.1. The van der Waals surface area contributed by atoms with Crippen LogP contribution < -0.4 is 10.6 Å². The molecule has 0 spiro atoms. The van der Waals surface area contributed by atoms with Crippen LogP contribution in [0.3, 0.4) is 0 Å². The lowest BCUT2D eigenvalue weighted by molar-refractivity contribution is 0.596. The van der Waals surface area contributed by atoms with Gasteiger partial charge in [0.1, 0.15) is 0 Å². The molecule has 0 unspecified atom stereocenters. The number of nitrogens with zero attached hydrogens (tertiary/aromatic N) is 3. The monoisotopic (exact) mass is 269 g/mol. The summed E-state index contributed by atoms with van der Waals surface area (Å²) in [6.07, 6.45) is 8.32. The molecule has 1 heterocycles. The molecule has 1 aromatic rings. The molecule has 0 atom stereocenters. The second-order valence-electron chi connectivity index (χ2n) is 3.89. The number of hydrogen-bond acceptors (Lipinski definition) is 3. The Kier molecular flexibility index (Phi) is 8.12. The Morgan fingerprint density at radius 1 is 1.33 bits per heavy atom. The first-order valence-corrected chi connectivity index (χ1v) is 7.67. The summed E-state index contributed by atoms with van der Waals surface area (Å²) >= 11 is 1.90. The summed E-state index contributed by atoms with van der Waals surface area (Å²) in [5.74, 6) is 2.10. The molecule has 0 bridgehead atoms. The number of hydrogen-bond donors (Lipinski definition) is 2. The van der Waals surface area contributed by atoms with Crippen molar-refractivity contribution in [1.82, 2.24) is 20.4 Å². The summed E-state index contributed by atoms with van der Waals surface area (Å²) in [6.45, 7) is 2.65. The van der Waals surface area contributed by atoms with E-state index in [2.05, 4.69) is 27.0 Å². The highest BCUT2D eigenvalue weighted by atomic mass is 32.2. The van der Waals surface area contributed by atoms with Gasteiger partial charge in [0.25, 0.3) is 0 Å². The first-order chi connectivity index (χ1) is 8.86. The first kappa shape index (κ1) is 14.9. The van der Waals surface area contributed by atoms with Gasteiger partial charge in [0.05, 0.1) is 6.54 Å². The molecule has 5 nitrogen and oxygen atoms in total. The van der Waals surface area contributed by atoms with Crippen molar-refractivity contribution in [3.8, 4) is 0 Å². The van der Waals surface area contributed by atoms with Gasteiger partial charge in [-0.3, -0.25) is 9.67 Å². The van der Waals surface area contributed by atoms with Crippen molar-refractivity contribution in [2.24, 2.45) is 4.99 Å². The fourth-order valence-electron chi connectivity index (χ4n) is 1.52. The van der Waals surface area contributed by atoms with Crippen molar-refractivity contribution in [2.45, 2.75) is 19.4 Å². The minimum Gasteiger partial charge on any atom is -0.356 e. The molecule has 2 N–H and O–H groups in total. The molecule has 102 valence electrons. The van der Waals surface area contributed by atoms with Crippen molar-refractivity contribution < 1.29 is 0 Å². The summed E-state index contributed by atoms with van der Waals surface area (Å²) in [4.78, 5) is 4.18. The number of guanidine groups is 1. The van der Waals surface area contributed by atoms with Gasteiger partial charge in [-0.1, -0.05) is 0 Å². The highest BCUT2D eigenvalue weighted by molar-refractivity contribution is 7.98.